The second kappa shape index (κ2) is 7.28. The summed E-state index contributed by atoms with van der Waals surface area (Å²) >= 11 is 0. The van der Waals surface area contributed by atoms with Crippen LogP contribution in [0.3, 0.4) is 0 Å². The Kier molecular flexibility index (Phi) is 4.68. The van der Waals surface area contributed by atoms with Gasteiger partial charge in [-0.05, 0) is 36.1 Å². The van der Waals surface area contributed by atoms with Gasteiger partial charge in [0.05, 0.1) is 5.69 Å². The Morgan fingerprint density at radius 3 is 2.11 bits per heavy atom. The van der Waals surface area contributed by atoms with Gasteiger partial charge in [0, 0.05) is 23.9 Å². The number of hydrogen-bond acceptors (Lipinski definition) is 0. The molecule has 0 N–H and O–H groups in total. The monoisotopic (exact) mass is 351 g/mol. The van der Waals surface area contributed by atoms with Crippen LogP contribution in [0.15, 0.2) is 97.1 Å². The first kappa shape index (κ1) is 17.4. The van der Waals surface area contributed by atoms with Gasteiger partial charge in [0.15, 0.2) is 0 Å². The Bertz CT molecular complexity index is 1070. The average Bonchev–Trinajstić information content (AvgIpc) is 3.00. The van der Waals surface area contributed by atoms with E-state index < -0.39 is 0 Å². The van der Waals surface area contributed by atoms with Crippen molar-refractivity contribution in [2.45, 2.75) is 19.3 Å². The van der Waals surface area contributed by atoms with Crippen molar-refractivity contribution in [1.82, 2.24) is 4.57 Å². The van der Waals surface area contributed by atoms with E-state index in [9.17, 15) is 0 Å². The molecule has 0 fully saturated rings. The molecule has 0 saturated carbocycles. The number of hydrogen-bond donors (Lipinski definition) is 0. The lowest BCUT2D eigenvalue weighted by Gasteiger charge is -2.20. The number of fused-ring (bicyclic) bond motifs is 1. The summed E-state index contributed by atoms with van der Waals surface area (Å²) in [5, 5.41) is 1.33. The molecule has 0 aliphatic heterocycles. The highest BCUT2D eigenvalue weighted by molar-refractivity contribution is 5.93. The van der Waals surface area contributed by atoms with Gasteiger partial charge in [0.25, 0.3) is 0 Å². The van der Waals surface area contributed by atoms with Crippen LogP contribution in [-0.2, 0) is 7.05 Å². The molecule has 1 unspecified atom stereocenters. The maximum absolute atomic E-state index is 4.23. The zero-order valence-corrected chi connectivity index (χ0v) is 16.0. The van der Waals surface area contributed by atoms with Gasteiger partial charge in [-0.15, -0.1) is 6.58 Å². The lowest BCUT2D eigenvalue weighted by atomic mass is 9.83. The van der Waals surface area contributed by atoms with Crippen molar-refractivity contribution >= 4 is 10.9 Å². The molecule has 0 amide bonds. The minimum atomic E-state index is 0.282. The highest BCUT2D eigenvalue weighted by Gasteiger charge is 2.25. The fraction of sp³-hybridized carbons (Fsp3) is 0.154. The van der Waals surface area contributed by atoms with Crippen molar-refractivity contribution in [2.24, 2.45) is 7.05 Å². The Morgan fingerprint density at radius 2 is 1.44 bits per heavy atom. The summed E-state index contributed by atoms with van der Waals surface area (Å²) in [6, 6.07) is 30.3. The predicted molar refractivity (Wildman–Crippen MR) is 116 cm³/mol. The molecule has 1 atom stereocenters. The minimum Gasteiger partial charge on any atom is -0.343 e. The molecule has 0 spiro atoms. The van der Waals surface area contributed by atoms with Gasteiger partial charge < -0.3 is 4.57 Å². The molecule has 27 heavy (non-hydrogen) atoms. The molecule has 0 bridgehead atoms. The lowest BCUT2D eigenvalue weighted by molar-refractivity contribution is 0.800. The smallest absolute Gasteiger partial charge is 0.0527 e. The molecule has 3 aromatic carbocycles. The van der Waals surface area contributed by atoms with Crippen molar-refractivity contribution in [3.63, 3.8) is 0 Å². The molecule has 1 heterocycles. The lowest BCUT2D eigenvalue weighted by Crippen LogP contribution is -2.04. The van der Waals surface area contributed by atoms with Crippen LogP contribution in [0.1, 0.15) is 30.4 Å². The number of allylic oxidation sites excluding steroid dienone is 1. The van der Waals surface area contributed by atoms with E-state index in [1.807, 2.05) is 0 Å². The number of rotatable bonds is 5. The highest BCUT2D eigenvalue weighted by atomic mass is 15.0. The molecule has 0 radical (unpaired) electrons. The third kappa shape index (κ3) is 3.21. The van der Waals surface area contributed by atoms with Gasteiger partial charge in [-0.25, -0.2) is 0 Å². The first-order valence-electron chi connectivity index (χ1n) is 9.49. The third-order valence-corrected chi connectivity index (χ3v) is 5.30. The van der Waals surface area contributed by atoms with Crippen molar-refractivity contribution in [3.05, 3.63) is 108 Å². The molecule has 0 saturated heterocycles. The van der Waals surface area contributed by atoms with Crippen LogP contribution in [0.25, 0.3) is 22.2 Å². The van der Waals surface area contributed by atoms with E-state index in [0.29, 0.717) is 0 Å². The fourth-order valence-electron chi connectivity index (χ4n) is 4.14. The summed E-state index contributed by atoms with van der Waals surface area (Å²) in [4.78, 5) is 0. The minimum absolute atomic E-state index is 0.282. The fourth-order valence-corrected chi connectivity index (χ4v) is 4.14. The average molecular weight is 351 g/mol. The number of benzene rings is 3. The van der Waals surface area contributed by atoms with E-state index in [4.69, 9.17) is 0 Å². The molecular weight excluding hydrogens is 326 g/mol. The first-order chi connectivity index (χ1) is 13.2. The third-order valence-electron chi connectivity index (χ3n) is 5.30. The summed E-state index contributed by atoms with van der Waals surface area (Å²) < 4.78 is 2.34. The van der Waals surface area contributed by atoms with E-state index in [1.165, 1.54) is 38.9 Å². The van der Waals surface area contributed by atoms with Gasteiger partial charge in [0.1, 0.15) is 0 Å². The quantitative estimate of drug-likeness (QED) is 0.343. The van der Waals surface area contributed by atoms with E-state index in [1.54, 1.807) is 0 Å². The number of aromatic nitrogens is 1. The normalized spacial score (nSPS) is 12.2. The number of aryl methyl sites for hydroxylation is 1. The van der Waals surface area contributed by atoms with Crippen LogP contribution < -0.4 is 0 Å². The standard InChI is InChI=1S/C26H25N/c1-19(2)18-23(20-12-6-4-7-13-20)25-22-16-10-11-17-24(22)27(3)26(25)21-14-8-5-9-15-21/h4-17,23H,1,18H2,2-3H3. The molecule has 1 heteroatoms. The van der Waals surface area contributed by atoms with Gasteiger partial charge in [-0.3, -0.25) is 0 Å². The molecule has 1 nitrogen and oxygen atoms in total. The molecule has 1 aromatic heterocycles. The molecular formula is C26H25N. The molecule has 0 aliphatic carbocycles. The van der Waals surface area contributed by atoms with Crippen LogP contribution >= 0.6 is 0 Å². The topological polar surface area (TPSA) is 4.93 Å². The molecule has 134 valence electrons. The molecule has 0 aliphatic rings. The Balaban J connectivity index is 2.05. The van der Waals surface area contributed by atoms with Gasteiger partial charge in [0.2, 0.25) is 0 Å². The number of nitrogens with zero attached hydrogens (tertiary/aromatic N) is 1. The van der Waals surface area contributed by atoms with Crippen molar-refractivity contribution in [3.8, 4) is 11.3 Å². The van der Waals surface area contributed by atoms with E-state index in [2.05, 4.69) is 110 Å². The highest BCUT2D eigenvalue weighted by Crippen LogP contribution is 2.42. The summed E-state index contributed by atoms with van der Waals surface area (Å²) in [6.07, 6.45) is 0.942. The van der Waals surface area contributed by atoms with E-state index in [0.717, 1.165) is 6.42 Å². The Labute approximate surface area is 161 Å². The molecule has 4 rings (SSSR count). The summed E-state index contributed by atoms with van der Waals surface area (Å²) in [7, 11) is 2.18. The summed E-state index contributed by atoms with van der Waals surface area (Å²) in [6.45, 7) is 6.36. The maximum atomic E-state index is 4.23. The second-order valence-corrected chi connectivity index (χ2v) is 7.33. The van der Waals surface area contributed by atoms with E-state index in [-0.39, 0.29) is 5.92 Å². The van der Waals surface area contributed by atoms with Crippen molar-refractivity contribution in [2.75, 3.05) is 0 Å². The number of para-hydroxylation sites is 1. The Morgan fingerprint density at radius 1 is 0.852 bits per heavy atom. The Hall–Kier alpha value is -3.06. The van der Waals surface area contributed by atoms with Gasteiger partial charge in [-0.2, -0.15) is 0 Å². The zero-order chi connectivity index (χ0) is 18.8. The van der Waals surface area contributed by atoms with Crippen LogP contribution in [0, 0.1) is 0 Å². The van der Waals surface area contributed by atoms with Gasteiger partial charge in [-0.1, -0.05) is 84.4 Å². The van der Waals surface area contributed by atoms with Gasteiger partial charge >= 0.3 is 0 Å². The van der Waals surface area contributed by atoms with Crippen LogP contribution in [0.4, 0.5) is 0 Å². The van der Waals surface area contributed by atoms with E-state index >= 15 is 0 Å². The van der Waals surface area contributed by atoms with Crippen molar-refractivity contribution in [1.29, 1.82) is 0 Å². The molecule has 4 aromatic rings. The maximum Gasteiger partial charge on any atom is 0.0527 e. The second-order valence-electron chi connectivity index (χ2n) is 7.33. The summed E-state index contributed by atoms with van der Waals surface area (Å²) in [5.41, 5.74) is 7.77. The first-order valence-corrected chi connectivity index (χ1v) is 9.49. The van der Waals surface area contributed by atoms with Crippen LogP contribution in [0.2, 0.25) is 0 Å². The SMILES string of the molecule is C=C(C)CC(c1ccccc1)c1c(-c2ccccc2)n(C)c2ccccc12. The van der Waals surface area contributed by atoms with Crippen molar-refractivity contribution < 1.29 is 0 Å². The predicted octanol–water partition coefficient (Wildman–Crippen LogP) is 6.94. The van der Waals surface area contributed by atoms with Crippen LogP contribution in [-0.4, -0.2) is 4.57 Å². The van der Waals surface area contributed by atoms with Crippen LogP contribution in [0.5, 0.6) is 0 Å². The summed E-state index contributed by atoms with van der Waals surface area (Å²) in [5.74, 6) is 0.282. The largest absolute Gasteiger partial charge is 0.343 e. The zero-order valence-electron chi connectivity index (χ0n) is 16.0.